The Balaban J connectivity index is 4.05. The molecule has 2 N–H and O–H groups in total. The molecule has 0 aliphatic rings. The fraction of sp³-hybridized carbons (Fsp3) is 0.909. The van der Waals surface area contributed by atoms with E-state index in [-0.39, 0.29) is 11.9 Å². The maximum Gasteiger partial charge on any atom is 0.239 e. The summed E-state index contributed by atoms with van der Waals surface area (Å²) in [6.07, 6.45) is 4.93. The molecular formula is C11H24N2OS. The van der Waals surface area contributed by atoms with Crippen LogP contribution in [-0.4, -0.2) is 41.9 Å². The molecule has 4 heteroatoms. The summed E-state index contributed by atoms with van der Waals surface area (Å²) in [4.78, 5) is 13.6. The number of likely N-dealkylation sites (N-methyl/N-ethyl adjacent to an activating group) is 1. The predicted octanol–water partition coefficient (Wildman–Crippen LogP) is 1.71. The maximum atomic E-state index is 11.9. The number of carbonyl (C=O) groups is 1. The highest BCUT2D eigenvalue weighted by molar-refractivity contribution is 7.98. The van der Waals surface area contributed by atoms with E-state index in [4.69, 9.17) is 5.73 Å². The standard InChI is InChI=1S/C11H24N2OS/c1-5-6-9(2)13(3)11(14)10(12)7-8-15-4/h9-10H,5-8,12H2,1-4H3/t9?,10-/m0/s1. The lowest BCUT2D eigenvalue weighted by molar-refractivity contribution is -0.133. The SMILES string of the molecule is CCCC(C)N(C)C(=O)[C@@H](N)CCSC. The Kier molecular flexibility index (Phi) is 7.88. The minimum absolute atomic E-state index is 0.0741. The first-order valence-corrected chi connectivity index (χ1v) is 6.95. The third-order valence-corrected chi connectivity index (χ3v) is 3.31. The van der Waals surface area contributed by atoms with Gasteiger partial charge in [-0.25, -0.2) is 0 Å². The zero-order valence-electron chi connectivity index (χ0n) is 10.3. The Morgan fingerprint density at radius 1 is 1.47 bits per heavy atom. The van der Waals surface area contributed by atoms with Gasteiger partial charge in [0.2, 0.25) is 5.91 Å². The normalized spacial score (nSPS) is 14.7. The second-order valence-corrected chi connectivity index (χ2v) is 4.96. The monoisotopic (exact) mass is 232 g/mol. The van der Waals surface area contributed by atoms with E-state index in [0.717, 1.165) is 25.0 Å². The second-order valence-electron chi connectivity index (χ2n) is 3.97. The van der Waals surface area contributed by atoms with Crippen LogP contribution in [0.5, 0.6) is 0 Å². The van der Waals surface area contributed by atoms with Crippen LogP contribution >= 0.6 is 11.8 Å². The molecule has 0 saturated carbocycles. The zero-order valence-corrected chi connectivity index (χ0v) is 11.1. The minimum Gasteiger partial charge on any atom is -0.342 e. The van der Waals surface area contributed by atoms with Crippen molar-refractivity contribution in [1.29, 1.82) is 0 Å². The van der Waals surface area contributed by atoms with E-state index >= 15 is 0 Å². The van der Waals surface area contributed by atoms with Gasteiger partial charge in [-0.05, 0) is 31.8 Å². The molecule has 0 aromatic carbocycles. The van der Waals surface area contributed by atoms with Gasteiger partial charge in [0.1, 0.15) is 0 Å². The Morgan fingerprint density at radius 3 is 2.53 bits per heavy atom. The fourth-order valence-electron chi connectivity index (χ4n) is 1.46. The van der Waals surface area contributed by atoms with Gasteiger partial charge >= 0.3 is 0 Å². The van der Waals surface area contributed by atoms with Crippen LogP contribution in [0.25, 0.3) is 0 Å². The van der Waals surface area contributed by atoms with E-state index < -0.39 is 0 Å². The van der Waals surface area contributed by atoms with Crippen LogP contribution in [0.2, 0.25) is 0 Å². The molecule has 0 aromatic rings. The third kappa shape index (κ3) is 5.42. The summed E-state index contributed by atoms with van der Waals surface area (Å²) in [5, 5.41) is 0. The minimum atomic E-state index is -0.332. The van der Waals surface area contributed by atoms with E-state index in [1.165, 1.54) is 0 Å². The van der Waals surface area contributed by atoms with Crippen LogP contribution in [0.3, 0.4) is 0 Å². The van der Waals surface area contributed by atoms with Crippen molar-refractivity contribution in [2.45, 2.75) is 45.2 Å². The Labute approximate surface area is 97.8 Å². The lowest BCUT2D eigenvalue weighted by atomic mass is 10.1. The number of thioether (sulfide) groups is 1. The van der Waals surface area contributed by atoms with Crippen LogP contribution in [-0.2, 0) is 4.79 Å². The second kappa shape index (κ2) is 7.99. The number of nitrogens with zero attached hydrogens (tertiary/aromatic N) is 1. The lowest BCUT2D eigenvalue weighted by Gasteiger charge is -2.27. The maximum absolute atomic E-state index is 11.9. The zero-order chi connectivity index (χ0) is 11.8. The molecule has 0 radical (unpaired) electrons. The summed E-state index contributed by atoms with van der Waals surface area (Å²) in [5.41, 5.74) is 5.83. The van der Waals surface area contributed by atoms with Gasteiger partial charge in [-0.15, -0.1) is 0 Å². The molecule has 1 unspecified atom stereocenters. The molecule has 0 spiro atoms. The van der Waals surface area contributed by atoms with Crippen molar-refractivity contribution in [3.8, 4) is 0 Å². The van der Waals surface area contributed by atoms with Gasteiger partial charge in [-0.3, -0.25) is 4.79 Å². The first-order valence-electron chi connectivity index (χ1n) is 5.55. The van der Waals surface area contributed by atoms with Gasteiger partial charge in [-0.1, -0.05) is 13.3 Å². The van der Waals surface area contributed by atoms with Crippen molar-refractivity contribution < 1.29 is 4.79 Å². The van der Waals surface area contributed by atoms with Crippen molar-refractivity contribution in [3.63, 3.8) is 0 Å². The average molecular weight is 232 g/mol. The first-order chi connectivity index (χ1) is 7.04. The number of nitrogens with two attached hydrogens (primary N) is 1. The fourth-order valence-corrected chi connectivity index (χ4v) is 1.95. The molecule has 0 aromatic heterocycles. The molecule has 90 valence electrons. The van der Waals surface area contributed by atoms with Gasteiger partial charge < -0.3 is 10.6 Å². The smallest absolute Gasteiger partial charge is 0.239 e. The van der Waals surface area contributed by atoms with Crippen LogP contribution in [0.1, 0.15) is 33.1 Å². The highest BCUT2D eigenvalue weighted by Crippen LogP contribution is 2.07. The largest absolute Gasteiger partial charge is 0.342 e. The molecule has 0 aliphatic carbocycles. The Hall–Kier alpha value is -0.220. The number of amides is 1. The van der Waals surface area contributed by atoms with Gasteiger partial charge in [0, 0.05) is 13.1 Å². The number of rotatable bonds is 7. The quantitative estimate of drug-likeness (QED) is 0.727. The topological polar surface area (TPSA) is 46.3 Å². The van der Waals surface area contributed by atoms with E-state index in [9.17, 15) is 4.79 Å². The van der Waals surface area contributed by atoms with Crippen LogP contribution in [0.15, 0.2) is 0 Å². The molecule has 0 bridgehead atoms. The van der Waals surface area contributed by atoms with E-state index in [1.54, 1.807) is 16.7 Å². The molecule has 3 nitrogen and oxygen atoms in total. The Bertz CT molecular complexity index is 187. The average Bonchev–Trinajstić information content (AvgIpc) is 2.24. The van der Waals surface area contributed by atoms with Crippen molar-refractivity contribution in [3.05, 3.63) is 0 Å². The molecule has 0 saturated heterocycles. The summed E-state index contributed by atoms with van der Waals surface area (Å²) >= 11 is 1.73. The summed E-state index contributed by atoms with van der Waals surface area (Å²) in [5.74, 6) is 1.02. The van der Waals surface area contributed by atoms with Crippen molar-refractivity contribution >= 4 is 17.7 Å². The van der Waals surface area contributed by atoms with Gasteiger partial charge in [0.25, 0.3) is 0 Å². The molecule has 0 rings (SSSR count). The summed E-state index contributed by atoms with van der Waals surface area (Å²) in [7, 11) is 1.85. The molecule has 0 fully saturated rings. The molecule has 2 atom stereocenters. The molecular weight excluding hydrogens is 208 g/mol. The molecule has 1 amide bonds. The van der Waals surface area contributed by atoms with E-state index in [1.807, 2.05) is 13.3 Å². The van der Waals surface area contributed by atoms with Gasteiger partial charge in [0.05, 0.1) is 6.04 Å². The third-order valence-electron chi connectivity index (χ3n) is 2.67. The van der Waals surface area contributed by atoms with Crippen LogP contribution in [0.4, 0.5) is 0 Å². The molecule has 0 aliphatic heterocycles. The van der Waals surface area contributed by atoms with Crippen LogP contribution in [0, 0.1) is 0 Å². The van der Waals surface area contributed by atoms with E-state index in [0.29, 0.717) is 6.04 Å². The summed E-state index contributed by atoms with van der Waals surface area (Å²) < 4.78 is 0. The van der Waals surface area contributed by atoms with E-state index in [2.05, 4.69) is 13.8 Å². The number of hydrogen-bond acceptors (Lipinski definition) is 3. The molecule has 15 heavy (non-hydrogen) atoms. The summed E-state index contributed by atoms with van der Waals surface area (Å²) in [6, 6.07) is -0.0374. The van der Waals surface area contributed by atoms with Crippen molar-refractivity contribution in [2.75, 3.05) is 19.1 Å². The Morgan fingerprint density at radius 2 is 2.07 bits per heavy atom. The van der Waals surface area contributed by atoms with Crippen molar-refractivity contribution in [1.82, 2.24) is 4.90 Å². The predicted molar refractivity (Wildman–Crippen MR) is 68.1 cm³/mol. The first kappa shape index (κ1) is 14.8. The van der Waals surface area contributed by atoms with Crippen molar-refractivity contribution in [2.24, 2.45) is 5.73 Å². The lowest BCUT2D eigenvalue weighted by Crippen LogP contribution is -2.45. The molecule has 0 heterocycles. The number of hydrogen-bond donors (Lipinski definition) is 1. The number of carbonyl (C=O) groups excluding carboxylic acids is 1. The van der Waals surface area contributed by atoms with Crippen LogP contribution < -0.4 is 5.73 Å². The van der Waals surface area contributed by atoms with Gasteiger partial charge in [0.15, 0.2) is 0 Å². The summed E-state index contributed by atoms with van der Waals surface area (Å²) in [6.45, 7) is 4.20. The van der Waals surface area contributed by atoms with Gasteiger partial charge in [-0.2, -0.15) is 11.8 Å². The highest BCUT2D eigenvalue weighted by atomic mass is 32.2. The highest BCUT2D eigenvalue weighted by Gasteiger charge is 2.20.